The predicted octanol–water partition coefficient (Wildman–Crippen LogP) is 8.69. The van der Waals surface area contributed by atoms with Gasteiger partial charge in [0.1, 0.15) is 46.0 Å². The molecule has 5 aliphatic heterocycles. The van der Waals surface area contributed by atoms with Crippen LogP contribution in [0.2, 0.25) is 0 Å². The molecule has 0 aliphatic carbocycles. The quantitative estimate of drug-likeness (QED) is 0.0559. The number of aromatic nitrogens is 8. The molecule has 0 radical (unpaired) electrons. The van der Waals surface area contributed by atoms with Crippen molar-refractivity contribution in [3.05, 3.63) is 306 Å². The second-order valence-corrected chi connectivity index (χ2v) is 28.3. The average molecular weight is 1480 g/mol. The average Bonchev–Trinajstić information content (AvgIpc) is 1.63. The number of nitrogens with zero attached hydrogens (tertiary/aromatic N) is 5. The maximum absolute atomic E-state index is 10.1. The predicted molar refractivity (Wildman–Crippen MR) is 434 cm³/mol. The van der Waals surface area contributed by atoms with Crippen molar-refractivity contribution in [3.63, 3.8) is 0 Å². The number of allylic oxidation sites excluding steroid dienone is 1. The van der Waals surface area contributed by atoms with Crippen molar-refractivity contribution in [1.82, 2.24) is 39.5 Å². The molecule has 5 aliphatic rings. The lowest BCUT2D eigenvalue weighted by Gasteiger charge is -2.10. The van der Waals surface area contributed by atoms with Gasteiger partial charge in [-0.2, -0.15) is 0 Å². The molecule has 0 saturated heterocycles. The Morgan fingerprint density at radius 1 is 0.459 bits per heavy atom. The van der Waals surface area contributed by atoms with Gasteiger partial charge in [-0.05, 0) is 218 Å². The molecule has 10 N–H and O–H groups in total. The lowest BCUT2D eigenvalue weighted by molar-refractivity contribution is 0.174. The number of aromatic amines is 7. The van der Waals surface area contributed by atoms with Gasteiger partial charge < -0.3 is 83.2 Å². The van der Waals surface area contributed by atoms with Crippen molar-refractivity contribution in [2.24, 2.45) is 20.0 Å². The molecule has 0 amide bonds. The Labute approximate surface area is 638 Å². The number of aliphatic imine (C=N–C) groups is 1. The minimum Gasteiger partial charge on any atom is -0.508 e. The number of phenolic OH excluding ortho intramolecular Hbond substituents is 3. The Balaban J connectivity index is 0.000000118. The number of phenols is 3. The summed E-state index contributed by atoms with van der Waals surface area (Å²) in [5.41, 5.74) is 20.7. The highest BCUT2D eigenvalue weighted by Gasteiger charge is 2.23. The van der Waals surface area contributed by atoms with Gasteiger partial charge in [0.05, 0.1) is 104 Å². The second-order valence-electron chi connectivity index (χ2n) is 28.3. The van der Waals surface area contributed by atoms with Gasteiger partial charge in [-0.1, -0.05) is 42.5 Å². The zero-order valence-electron chi connectivity index (χ0n) is 64.0. The molecule has 0 spiro atoms. The number of ether oxygens (including phenoxy) is 6. The van der Waals surface area contributed by atoms with Crippen molar-refractivity contribution in [3.8, 4) is 46.0 Å². The van der Waals surface area contributed by atoms with Crippen LogP contribution in [0.5, 0.6) is 46.0 Å². The Hall–Kier alpha value is -13.8. The van der Waals surface area contributed by atoms with E-state index in [-0.39, 0.29) is 30.1 Å². The number of hydrogen-bond donors (Lipinski definition) is 10. The Bertz CT molecular complexity index is 6770. The van der Waals surface area contributed by atoms with Crippen molar-refractivity contribution in [2.45, 2.75) is 81.9 Å². The molecule has 0 saturated carbocycles. The van der Waals surface area contributed by atoms with Gasteiger partial charge in [-0.25, -0.2) is 20.0 Å². The van der Waals surface area contributed by atoms with Gasteiger partial charge in [-0.3, -0.25) is 0 Å². The molecule has 0 atom stereocenters. The molecule has 0 unspecified atom stereocenters. The minimum atomic E-state index is 0.0583. The normalized spacial score (nSPS) is 15.7. The summed E-state index contributed by atoms with van der Waals surface area (Å²) in [5, 5.41) is 41.0. The molecule has 0 fully saturated rings. The van der Waals surface area contributed by atoms with Crippen molar-refractivity contribution in [1.29, 1.82) is 0 Å². The number of methoxy groups -OCH3 is 3. The standard InChI is InChI=1S/C27H25N3O2.C22H23N3O2.C21H19N3O3.C20H19N3O2/c1-17-12-18(2)28-22(17)14-24-27(32-3)15-23(29-24)26-13-20-6-4-5-7-25(20)30(26)16-19-8-10-21(31)11-9-19;1-12(2)27-22-11-19(18-9-15-16(24-18)6-5-7-21(15)26)25-20(22)10-17-13(3)8-14(4)23-17;1-11-4-12(2)22-14(11)7-18-19(25-3)9-17(24-18)16-5-13-6-20-21(27-10-26-20)8-15(13)23-16;1-11-7-12(2)21-15(11)9-18-20(25-3)10-17(23-18)16-8-13-14(22-16)5-4-6-19(13)24/h4-15,28,31H,16H2,1-3H3;5-12,23,25-26H,1-4H3;4-9,22,24H,10H2,1-3H3;4-10,21,23-24H,1-3H3/b24-14-;19-18?,20-10-;17-16?,18-7-;17-16?,18-9-. The van der Waals surface area contributed by atoms with Crippen LogP contribution in [0.4, 0.5) is 0 Å². The fourth-order valence-corrected chi connectivity index (χ4v) is 14.2. The van der Waals surface area contributed by atoms with Gasteiger partial charge in [-0.15, -0.1) is 0 Å². The molecule has 21 nitrogen and oxygen atoms in total. The fourth-order valence-electron chi connectivity index (χ4n) is 14.2. The number of nitrogens with one attached hydrogen (secondary N) is 7. The first-order valence-electron chi connectivity index (χ1n) is 36.5. The molecule has 8 aromatic heterocycles. The Kier molecular flexibility index (Phi) is 19.9. The first-order valence-corrected chi connectivity index (χ1v) is 36.5. The smallest absolute Gasteiger partial charge is 0.231 e. The summed E-state index contributed by atoms with van der Waals surface area (Å²) in [7, 11) is 5.00. The van der Waals surface area contributed by atoms with E-state index in [4.69, 9.17) is 38.4 Å². The van der Waals surface area contributed by atoms with Gasteiger partial charge >= 0.3 is 0 Å². The summed E-state index contributed by atoms with van der Waals surface area (Å²) in [6, 6.07) is 46.8. The van der Waals surface area contributed by atoms with Gasteiger partial charge in [0, 0.05) is 109 Å². The summed E-state index contributed by atoms with van der Waals surface area (Å²) in [5.74, 6) is 5.29. The van der Waals surface area contributed by atoms with Crippen LogP contribution in [0, 0.1) is 55.4 Å². The SMILES string of the molecule is COC1=CC(c2cc3ccccc3n2Cc2ccc(O)cc2)=N/C1=C\c1[nH]c(C)cc1C.COc1cc(=C2C=c3c(O)cccc3=N2)[nH]/c1=C\c1[nH]c(C)cc1C.COc1cc(=C2C=c3cc4c(cc3=N2)OCO4)[nH]/c1=C\c1[nH]c(C)cc1C.Cc1cc(C)c(/C=c2\[nH]c(=C3C=c4c(O)cccc4=N3)cc2OC(C)C)[nH]1. The molecule has 0 bridgehead atoms. The highest BCUT2D eigenvalue weighted by molar-refractivity contribution is 6.13. The summed E-state index contributed by atoms with van der Waals surface area (Å²) in [6.07, 6.45) is 16.1. The van der Waals surface area contributed by atoms with Crippen molar-refractivity contribution in [2.75, 3.05) is 28.1 Å². The van der Waals surface area contributed by atoms with Crippen LogP contribution in [0.25, 0.3) is 70.5 Å². The zero-order valence-corrected chi connectivity index (χ0v) is 64.0. The van der Waals surface area contributed by atoms with E-state index in [9.17, 15) is 15.3 Å². The molecule has 111 heavy (non-hydrogen) atoms. The number of para-hydroxylation sites is 1. The molecular formula is C90H86N12O9. The Morgan fingerprint density at radius 2 is 0.928 bits per heavy atom. The minimum absolute atomic E-state index is 0.0583. The number of benzene rings is 5. The van der Waals surface area contributed by atoms with Gasteiger partial charge in [0.15, 0.2) is 11.5 Å². The molecule has 18 rings (SSSR count). The van der Waals surface area contributed by atoms with Crippen LogP contribution in [0.1, 0.15) is 92.9 Å². The van der Waals surface area contributed by atoms with Crippen LogP contribution in [0.3, 0.4) is 0 Å². The summed E-state index contributed by atoms with van der Waals surface area (Å²) in [4.78, 5) is 42.6. The van der Waals surface area contributed by atoms with E-state index in [0.717, 1.165) is 195 Å². The lowest BCUT2D eigenvalue weighted by Crippen LogP contribution is -2.20. The van der Waals surface area contributed by atoms with Crippen molar-refractivity contribution >= 4 is 76.2 Å². The third kappa shape index (κ3) is 15.4. The van der Waals surface area contributed by atoms with Crippen LogP contribution in [-0.4, -0.2) is 94.7 Å². The molecule has 5 aromatic carbocycles. The number of aryl methyl sites for hydroxylation is 8. The molecule has 560 valence electrons. The first kappa shape index (κ1) is 72.7. The topological polar surface area (TPSA) is 281 Å². The molecule has 21 heteroatoms. The third-order valence-electron chi connectivity index (χ3n) is 19.5. The molecule has 13 heterocycles. The summed E-state index contributed by atoms with van der Waals surface area (Å²) in [6.45, 7) is 21.4. The van der Waals surface area contributed by atoms with E-state index < -0.39 is 0 Å². The first-order chi connectivity index (χ1) is 53.6. The third-order valence-corrected chi connectivity index (χ3v) is 19.5. The summed E-state index contributed by atoms with van der Waals surface area (Å²) < 4.78 is 35.9. The Morgan fingerprint density at radius 3 is 1.41 bits per heavy atom. The number of fused-ring (bicyclic) bond motifs is 5. The van der Waals surface area contributed by atoms with Crippen LogP contribution < -0.4 is 87.5 Å². The van der Waals surface area contributed by atoms with Gasteiger partial charge in [0.2, 0.25) is 6.79 Å². The number of hydrogen-bond acceptors (Lipinski definition) is 13. The van der Waals surface area contributed by atoms with E-state index in [1.54, 1.807) is 57.7 Å². The maximum Gasteiger partial charge on any atom is 0.231 e. The number of aromatic hydroxyl groups is 3. The van der Waals surface area contributed by atoms with E-state index >= 15 is 0 Å². The fraction of sp³-hybridized carbons (Fsp3) is 0.178. The van der Waals surface area contributed by atoms with Crippen LogP contribution in [-0.2, 0) is 11.3 Å². The highest BCUT2D eigenvalue weighted by atomic mass is 16.7. The number of H-pyrrole nitrogens is 7. The van der Waals surface area contributed by atoms with E-state index in [2.05, 4.69) is 132 Å². The summed E-state index contributed by atoms with van der Waals surface area (Å²) >= 11 is 0. The highest BCUT2D eigenvalue weighted by Crippen LogP contribution is 2.31. The largest absolute Gasteiger partial charge is 0.508 e. The van der Waals surface area contributed by atoms with Crippen LogP contribution >= 0.6 is 0 Å². The second kappa shape index (κ2) is 30.4. The molecular weight excluding hydrogens is 1390 g/mol. The van der Waals surface area contributed by atoms with E-state index in [1.165, 1.54) is 22.3 Å². The monoisotopic (exact) mass is 1480 g/mol. The maximum atomic E-state index is 10.1. The van der Waals surface area contributed by atoms with Crippen molar-refractivity contribution < 1.29 is 43.7 Å². The number of rotatable bonds is 12. The zero-order chi connectivity index (χ0) is 77.5. The van der Waals surface area contributed by atoms with E-state index in [1.807, 2.05) is 145 Å². The van der Waals surface area contributed by atoms with Gasteiger partial charge in [0.25, 0.3) is 0 Å². The molecule has 13 aromatic rings. The van der Waals surface area contributed by atoms with E-state index in [0.29, 0.717) is 6.54 Å². The van der Waals surface area contributed by atoms with Crippen LogP contribution in [0.15, 0.2) is 183 Å². The lowest BCUT2D eigenvalue weighted by atomic mass is 10.2.